The minimum atomic E-state index is -3.80. The number of benzene rings is 2. The molecule has 1 saturated heterocycles. The third-order valence-electron chi connectivity index (χ3n) is 6.26. The molecule has 0 aromatic heterocycles. The molecule has 1 aliphatic heterocycles. The fourth-order valence-electron chi connectivity index (χ4n) is 4.41. The van der Waals surface area contributed by atoms with Crippen LogP contribution in [0.25, 0.3) is 0 Å². The molecule has 0 spiro atoms. The van der Waals surface area contributed by atoms with Crippen LogP contribution in [0.3, 0.4) is 0 Å². The second-order valence-corrected chi connectivity index (χ2v) is 11.7. The lowest BCUT2D eigenvalue weighted by Crippen LogP contribution is -2.42. The second kappa shape index (κ2) is 10.0. The zero-order chi connectivity index (χ0) is 24.6. The van der Waals surface area contributed by atoms with Gasteiger partial charge in [-0.1, -0.05) is 23.2 Å². The predicted octanol–water partition coefficient (Wildman–Crippen LogP) is 5.30. The van der Waals surface area contributed by atoms with Gasteiger partial charge < -0.3 is 4.74 Å². The molecular weight excluding hydrogens is 502 g/mol. The first-order valence-corrected chi connectivity index (χ1v) is 13.9. The minimum Gasteiger partial charge on any atom is -0.489 e. The first-order chi connectivity index (χ1) is 16.0. The number of hydrogen-bond donors (Lipinski definition) is 1. The summed E-state index contributed by atoms with van der Waals surface area (Å²) in [6.45, 7) is 3.63. The third-order valence-corrected chi connectivity index (χ3v) is 7.25. The quantitative estimate of drug-likeness (QED) is 0.527. The number of rotatable bonds is 7. The zero-order valence-electron chi connectivity index (χ0n) is 19.0. The van der Waals surface area contributed by atoms with E-state index >= 15 is 0 Å². The van der Waals surface area contributed by atoms with E-state index in [2.05, 4.69) is 11.8 Å². The molecule has 10 heteroatoms. The second-order valence-electron chi connectivity index (χ2n) is 9.10. The van der Waals surface area contributed by atoms with Crippen LogP contribution >= 0.6 is 23.2 Å². The van der Waals surface area contributed by atoms with Crippen molar-refractivity contribution in [3.05, 3.63) is 62.9 Å². The maximum atomic E-state index is 14.8. The van der Waals surface area contributed by atoms with Gasteiger partial charge in [-0.15, -0.1) is 0 Å². The number of sulfonamides is 1. The maximum Gasteiger partial charge on any atom is 0.267 e. The molecule has 1 N–H and O–H groups in total. The third kappa shape index (κ3) is 6.22. The highest BCUT2D eigenvalue weighted by Crippen LogP contribution is 2.45. The summed E-state index contributed by atoms with van der Waals surface area (Å²) < 4.78 is 45.8. The molecule has 1 heterocycles. The Balaban J connectivity index is 1.52. The normalized spacial score (nSPS) is 20.1. The molecule has 34 heavy (non-hydrogen) atoms. The van der Waals surface area contributed by atoms with Gasteiger partial charge in [-0.2, -0.15) is 0 Å². The fraction of sp³-hybridized carbons (Fsp3) is 0.458. The molecule has 1 amide bonds. The first-order valence-electron chi connectivity index (χ1n) is 11.2. The highest BCUT2D eigenvalue weighted by atomic mass is 35.5. The summed E-state index contributed by atoms with van der Waals surface area (Å²) in [7, 11) is -3.80. The van der Waals surface area contributed by atoms with E-state index in [-0.39, 0.29) is 23.6 Å². The van der Waals surface area contributed by atoms with Crippen molar-refractivity contribution in [1.82, 2.24) is 9.62 Å². The van der Waals surface area contributed by atoms with E-state index in [4.69, 9.17) is 27.9 Å². The van der Waals surface area contributed by atoms with Crippen molar-refractivity contribution >= 4 is 39.1 Å². The Morgan fingerprint density at radius 1 is 1.15 bits per heavy atom. The average Bonchev–Trinajstić information content (AvgIpc) is 3.57. The van der Waals surface area contributed by atoms with Crippen LogP contribution in [0.15, 0.2) is 30.3 Å². The summed E-state index contributed by atoms with van der Waals surface area (Å²) in [4.78, 5) is 14.6. The molecule has 2 aromatic rings. The van der Waals surface area contributed by atoms with Crippen molar-refractivity contribution in [2.75, 3.05) is 19.3 Å². The Labute approximate surface area is 209 Å². The summed E-state index contributed by atoms with van der Waals surface area (Å²) in [6, 6.07) is 8.23. The van der Waals surface area contributed by atoms with Gasteiger partial charge in [0.25, 0.3) is 5.91 Å². The first kappa shape index (κ1) is 25.2. The topological polar surface area (TPSA) is 75.7 Å². The lowest BCUT2D eigenvalue weighted by Gasteiger charge is -2.37. The van der Waals surface area contributed by atoms with Crippen molar-refractivity contribution in [3.8, 4) is 5.75 Å². The monoisotopic (exact) mass is 528 g/mol. The number of hydrogen-bond acceptors (Lipinski definition) is 5. The van der Waals surface area contributed by atoms with E-state index in [9.17, 15) is 17.6 Å². The smallest absolute Gasteiger partial charge is 0.267 e. The lowest BCUT2D eigenvalue weighted by atomic mass is 10.0. The lowest BCUT2D eigenvalue weighted by molar-refractivity contribution is 0.0650. The van der Waals surface area contributed by atoms with Gasteiger partial charge >= 0.3 is 0 Å². The van der Waals surface area contributed by atoms with Crippen LogP contribution < -0.4 is 9.46 Å². The van der Waals surface area contributed by atoms with E-state index in [1.54, 1.807) is 6.07 Å². The van der Waals surface area contributed by atoms with Gasteiger partial charge in [-0.05, 0) is 80.5 Å². The van der Waals surface area contributed by atoms with E-state index in [1.807, 2.05) is 16.9 Å². The van der Waals surface area contributed by atoms with E-state index < -0.39 is 21.7 Å². The number of halogens is 3. The number of nitrogens with zero attached hydrogens (tertiary/aromatic N) is 1. The molecule has 2 aliphatic rings. The predicted molar refractivity (Wildman–Crippen MR) is 131 cm³/mol. The van der Waals surface area contributed by atoms with Gasteiger partial charge in [-0.25, -0.2) is 17.5 Å². The van der Waals surface area contributed by atoms with Crippen LogP contribution in [0.5, 0.6) is 5.75 Å². The average molecular weight is 529 g/mol. The van der Waals surface area contributed by atoms with Crippen molar-refractivity contribution in [2.24, 2.45) is 0 Å². The van der Waals surface area contributed by atoms with Crippen LogP contribution in [-0.4, -0.2) is 44.7 Å². The van der Waals surface area contributed by atoms with Gasteiger partial charge in [0.2, 0.25) is 10.0 Å². The Bertz CT molecular complexity index is 1180. The number of carbonyl (C=O) groups excluding carboxylic acids is 1. The SMILES string of the molecule is C[C@H](c1cc(Cl)cc(Cl)c1)N1CCC[C@@H](Oc2cc(F)c(C(=O)NS(C)(=O)=O)cc2C2CC2)C1. The van der Waals surface area contributed by atoms with E-state index in [0.29, 0.717) is 22.3 Å². The molecule has 6 nitrogen and oxygen atoms in total. The maximum absolute atomic E-state index is 14.8. The highest BCUT2D eigenvalue weighted by molar-refractivity contribution is 7.89. The van der Waals surface area contributed by atoms with E-state index in [1.165, 1.54) is 12.1 Å². The molecule has 184 valence electrons. The molecule has 1 aliphatic carbocycles. The summed E-state index contributed by atoms with van der Waals surface area (Å²) in [5.74, 6) is -1.20. The molecule has 2 aromatic carbocycles. The van der Waals surface area contributed by atoms with Crippen LogP contribution in [-0.2, 0) is 10.0 Å². The number of ether oxygens (including phenoxy) is 1. The molecular formula is C24H27Cl2FN2O4S. The number of likely N-dealkylation sites (tertiary alicyclic amines) is 1. The molecule has 0 radical (unpaired) electrons. The summed E-state index contributed by atoms with van der Waals surface area (Å²) in [5, 5.41) is 1.17. The number of amides is 1. The van der Waals surface area contributed by atoms with Crippen molar-refractivity contribution in [2.45, 2.75) is 50.7 Å². The summed E-state index contributed by atoms with van der Waals surface area (Å²) in [6.07, 6.45) is 4.27. The number of piperidine rings is 1. The number of nitrogens with one attached hydrogen (secondary N) is 1. The Morgan fingerprint density at radius 3 is 2.44 bits per heavy atom. The molecule has 1 saturated carbocycles. The zero-order valence-corrected chi connectivity index (χ0v) is 21.3. The minimum absolute atomic E-state index is 0.0734. The van der Waals surface area contributed by atoms with Gasteiger partial charge in [0.1, 0.15) is 17.7 Å². The Kier molecular flexibility index (Phi) is 7.43. The molecule has 4 rings (SSSR count). The highest BCUT2D eigenvalue weighted by Gasteiger charge is 2.32. The van der Waals surface area contributed by atoms with Crippen LogP contribution in [0.2, 0.25) is 10.0 Å². The molecule has 2 fully saturated rings. The molecule has 2 atom stereocenters. The van der Waals surface area contributed by atoms with Crippen LogP contribution in [0.4, 0.5) is 4.39 Å². The fourth-order valence-corrected chi connectivity index (χ4v) is 5.40. The van der Waals surface area contributed by atoms with Crippen LogP contribution in [0.1, 0.15) is 66.1 Å². The Hall–Kier alpha value is -1.87. The van der Waals surface area contributed by atoms with Gasteiger partial charge in [0.15, 0.2) is 0 Å². The van der Waals surface area contributed by atoms with Crippen molar-refractivity contribution in [1.29, 1.82) is 0 Å². The van der Waals surface area contributed by atoms with Crippen LogP contribution in [0, 0.1) is 5.82 Å². The molecule has 0 bridgehead atoms. The summed E-state index contributed by atoms with van der Waals surface area (Å²) in [5.41, 5.74) is 1.47. The van der Waals surface area contributed by atoms with Gasteiger partial charge in [0.05, 0.1) is 11.8 Å². The number of carbonyl (C=O) groups is 1. The summed E-state index contributed by atoms with van der Waals surface area (Å²) >= 11 is 12.4. The molecule has 0 unspecified atom stereocenters. The van der Waals surface area contributed by atoms with Crippen molar-refractivity contribution < 1.29 is 22.3 Å². The largest absolute Gasteiger partial charge is 0.489 e. The van der Waals surface area contributed by atoms with Crippen molar-refractivity contribution in [3.63, 3.8) is 0 Å². The van der Waals surface area contributed by atoms with Gasteiger partial charge in [-0.3, -0.25) is 9.69 Å². The van der Waals surface area contributed by atoms with Gasteiger partial charge in [0, 0.05) is 28.7 Å². The standard InChI is InChI=1S/C24H27Cl2FN2O4S/c1-14(16-8-17(25)10-18(26)9-16)29-7-3-4-19(13-29)33-23-12-22(27)21(11-20(23)15-5-6-15)24(30)28-34(2,31)32/h8-12,14-15,19H,3-7,13H2,1-2H3,(H,28,30)/t14-,19-/m1/s1. The van der Waals surface area contributed by atoms with E-state index in [0.717, 1.165) is 49.6 Å². The Morgan fingerprint density at radius 2 is 1.82 bits per heavy atom.